The van der Waals surface area contributed by atoms with Gasteiger partial charge in [0.2, 0.25) is 0 Å². The van der Waals surface area contributed by atoms with Crippen LogP contribution in [0.2, 0.25) is 0 Å². The van der Waals surface area contributed by atoms with Crippen molar-refractivity contribution in [1.82, 2.24) is 0 Å². The number of benzene rings is 1. The molecule has 2 heteroatoms. The van der Waals surface area contributed by atoms with Crippen LogP contribution in [0.25, 0.3) is 0 Å². The van der Waals surface area contributed by atoms with Crippen LogP contribution in [0, 0.1) is 19.8 Å². The van der Waals surface area contributed by atoms with E-state index in [9.17, 15) is 5.11 Å². The fourth-order valence-corrected chi connectivity index (χ4v) is 1.67. The number of hydrogen-bond acceptors (Lipinski definition) is 2. The molecule has 0 aliphatic rings. The summed E-state index contributed by atoms with van der Waals surface area (Å²) < 4.78 is 5.37. The summed E-state index contributed by atoms with van der Waals surface area (Å²) in [5.74, 6) is 1.01. The van der Waals surface area contributed by atoms with Gasteiger partial charge in [-0.15, -0.1) is 0 Å². The van der Waals surface area contributed by atoms with E-state index in [4.69, 9.17) is 4.74 Å². The minimum absolute atomic E-state index is 0.195. The van der Waals surface area contributed by atoms with Crippen molar-refractivity contribution in [2.45, 2.75) is 33.8 Å². The molecule has 0 fully saturated rings. The molecule has 1 aromatic rings. The first-order valence-corrected chi connectivity index (χ1v) is 5.31. The van der Waals surface area contributed by atoms with Crippen LogP contribution in [0.4, 0.5) is 0 Å². The second-order valence-electron chi connectivity index (χ2n) is 4.32. The van der Waals surface area contributed by atoms with Crippen LogP contribution in [-0.4, -0.2) is 12.2 Å². The van der Waals surface area contributed by atoms with Gasteiger partial charge in [0.25, 0.3) is 0 Å². The van der Waals surface area contributed by atoms with Crippen LogP contribution in [0.15, 0.2) is 12.1 Å². The molecular weight excluding hydrogens is 188 g/mol. The molecule has 1 unspecified atom stereocenters. The number of methoxy groups -OCH3 is 1. The summed E-state index contributed by atoms with van der Waals surface area (Å²) >= 11 is 0. The largest absolute Gasteiger partial charge is 0.496 e. The predicted octanol–water partition coefficient (Wildman–Crippen LogP) is 3.00. The molecule has 2 nitrogen and oxygen atoms in total. The lowest BCUT2D eigenvalue weighted by atomic mass is 9.94. The van der Waals surface area contributed by atoms with E-state index in [-0.39, 0.29) is 5.92 Å². The quantitative estimate of drug-likeness (QED) is 0.827. The molecule has 0 aliphatic carbocycles. The average Bonchev–Trinajstić information content (AvgIpc) is 2.20. The van der Waals surface area contributed by atoms with Crippen LogP contribution in [-0.2, 0) is 0 Å². The third kappa shape index (κ3) is 2.32. The van der Waals surface area contributed by atoms with Gasteiger partial charge in [-0.05, 0) is 30.9 Å². The fraction of sp³-hybridized carbons (Fsp3) is 0.538. The Morgan fingerprint density at radius 2 is 1.80 bits per heavy atom. The maximum absolute atomic E-state index is 10.0. The smallest absolute Gasteiger partial charge is 0.127 e. The van der Waals surface area contributed by atoms with E-state index in [0.717, 1.165) is 16.9 Å². The van der Waals surface area contributed by atoms with Crippen molar-refractivity contribution in [1.29, 1.82) is 0 Å². The van der Waals surface area contributed by atoms with Crippen LogP contribution in [0.1, 0.15) is 36.6 Å². The maximum Gasteiger partial charge on any atom is 0.127 e. The van der Waals surface area contributed by atoms with E-state index in [1.165, 1.54) is 5.56 Å². The molecule has 84 valence electrons. The molecule has 0 amide bonds. The Bertz CT molecular complexity index is 343. The van der Waals surface area contributed by atoms with Crippen LogP contribution in [0.5, 0.6) is 5.75 Å². The summed E-state index contributed by atoms with van der Waals surface area (Å²) in [7, 11) is 1.65. The van der Waals surface area contributed by atoms with Crippen molar-refractivity contribution in [2.75, 3.05) is 7.11 Å². The summed E-state index contributed by atoms with van der Waals surface area (Å²) in [6, 6.07) is 3.98. The zero-order chi connectivity index (χ0) is 11.6. The number of aryl methyl sites for hydroxylation is 1. The summed E-state index contributed by atoms with van der Waals surface area (Å²) in [4.78, 5) is 0. The van der Waals surface area contributed by atoms with Crippen LogP contribution in [0.3, 0.4) is 0 Å². The Balaban J connectivity index is 3.24. The molecule has 1 rings (SSSR count). The number of aliphatic hydroxyl groups excluding tert-OH is 1. The maximum atomic E-state index is 10.0. The van der Waals surface area contributed by atoms with Gasteiger partial charge in [-0.2, -0.15) is 0 Å². The number of aliphatic hydroxyl groups is 1. The van der Waals surface area contributed by atoms with E-state index < -0.39 is 6.10 Å². The first kappa shape index (κ1) is 12.1. The minimum atomic E-state index is -0.459. The number of ether oxygens (including phenoxy) is 1. The highest BCUT2D eigenvalue weighted by atomic mass is 16.5. The normalized spacial score (nSPS) is 13.0. The highest BCUT2D eigenvalue weighted by molar-refractivity contribution is 5.46. The molecular formula is C13H20O2. The standard InChI is InChI=1S/C13H20O2/c1-8(2)12(14)11-7-6-9(3)10(4)13(11)15-5/h6-8,12,14H,1-5H3. The van der Waals surface area contributed by atoms with Gasteiger partial charge in [-0.25, -0.2) is 0 Å². The Hall–Kier alpha value is -1.02. The monoisotopic (exact) mass is 208 g/mol. The lowest BCUT2D eigenvalue weighted by molar-refractivity contribution is 0.123. The second kappa shape index (κ2) is 4.67. The zero-order valence-electron chi connectivity index (χ0n) is 10.2. The minimum Gasteiger partial charge on any atom is -0.496 e. The average molecular weight is 208 g/mol. The first-order valence-electron chi connectivity index (χ1n) is 5.31. The Labute approximate surface area is 91.9 Å². The lowest BCUT2D eigenvalue weighted by Gasteiger charge is -2.20. The van der Waals surface area contributed by atoms with Crippen molar-refractivity contribution in [3.63, 3.8) is 0 Å². The van der Waals surface area contributed by atoms with Crippen molar-refractivity contribution >= 4 is 0 Å². The highest BCUT2D eigenvalue weighted by Crippen LogP contribution is 2.33. The predicted molar refractivity (Wildman–Crippen MR) is 62.3 cm³/mol. The second-order valence-corrected chi connectivity index (χ2v) is 4.32. The number of hydrogen-bond donors (Lipinski definition) is 1. The lowest BCUT2D eigenvalue weighted by Crippen LogP contribution is -2.08. The molecule has 0 radical (unpaired) electrons. The molecule has 0 heterocycles. The van der Waals surface area contributed by atoms with Gasteiger partial charge < -0.3 is 9.84 Å². The van der Waals surface area contributed by atoms with E-state index in [1.54, 1.807) is 7.11 Å². The van der Waals surface area contributed by atoms with Crippen LogP contribution >= 0.6 is 0 Å². The summed E-state index contributed by atoms with van der Waals surface area (Å²) in [6.07, 6.45) is -0.459. The topological polar surface area (TPSA) is 29.5 Å². The molecule has 1 aromatic carbocycles. The molecule has 0 aromatic heterocycles. The van der Waals surface area contributed by atoms with E-state index in [2.05, 4.69) is 0 Å². The van der Waals surface area contributed by atoms with Gasteiger partial charge in [0.15, 0.2) is 0 Å². The van der Waals surface area contributed by atoms with E-state index >= 15 is 0 Å². The number of rotatable bonds is 3. The van der Waals surface area contributed by atoms with Gasteiger partial charge in [0.05, 0.1) is 13.2 Å². The Morgan fingerprint density at radius 1 is 1.20 bits per heavy atom. The third-order valence-corrected chi connectivity index (χ3v) is 2.86. The van der Waals surface area contributed by atoms with E-state index in [0.29, 0.717) is 0 Å². The molecule has 0 saturated carbocycles. The van der Waals surface area contributed by atoms with Gasteiger partial charge in [-0.3, -0.25) is 0 Å². The molecule has 0 spiro atoms. The highest BCUT2D eigenvalue weighted by Gasteiger charge is 2.18. The van der Waals surface area contributed by atoms with E-state index in [1.807, 2.05) is 39.8 Å². The SMILES string of the molecule is COc1c(C(O)C(C)C)ccc(C)c1C. The van der Waals surface area contributed by atoms with Crippen LogP contribution < -0.4 is 4.74 Å². The van der Waals surface area contributed by atoms with Gasteiger partial charge >= 0.3 is 0 Å². The third-order valence-electron chi connectivity index (χ3n) is 2.86. The zero-order valence-corrected chi connectivity index (χ0v) is 10.2. The molecule has 15 heavy (non-hydrogen) atoms. The summed E-state index contributed by atoms with van der Waals surface area (Å²) in [5.41, 5.74) is 3.18. The molecule has 0 saturated heterocycles. The molecule has 1 atom stereocenters. The molecule has 0 bridgehead atoms. The molecule has 1 N–H and O–H groups in total. The fourth-order valence-electron chi connectivity index (χ4n) is 1.67. The summed E-state index contributed by atoms with van der Waals surface area (Å²) in [6.45, 7) is 8.06. The Kier molecular flexibility index (Phi) is 3.75. The van der Waals surface area contributed by atoms with Crippen molar-refractivity contribution < 1.29 is 9.84 Å². The van der Waals surface area contributed by atoms with Crippen molar-refractivity contribution in [3.8, 4) is 5.75 Å². The Morgan fingerprint density at radius 3 is 2.27 bits per heavy atom. The van der Waals surface area contributed by atoms with Crippen molar-refractivity contribution in [2.24, 2.45) is 5.92 Å². The van der Waals surface area contributed by atoms with Gasteiger partial charge in [-0.1, -0.05) is 26.0 Å². The summed E-state index contributed by atoms with van der Waals surface area (Å²) in [5, 5.41) is 10.0. The van der Waals surface area contributed by atoms with Gasteiger partial charge in [0.1, 0.15) is 5.75 Å². The van der Waals surface area contributed by atoms with Crippen molar-refractivity contribution in [3.05, 3.63) is 28.8 Å². The first-order chi connectivity index (χ1) is 6.99. The molecule has 0 aliphatic heterocycles. The van der Waals surface area contributed by atoms with Gasteiger partial charge in [0, 0.05) is 5.56 Å².